The van der Waals surface area contributed by atoms with E-state index in [0.29, 0.717) is 49.4 Å². The number of ether oxygens (including phenoxy) is 1. The van der Waals surface area contributed by atoms with E-state index in [-0.39, 0.29) is 22.5 Å². The maximum Gasteiger partial charge on any atom is 0.296 e. The quantitative estimate of drug-likeness (QED) is 0.522. The van der Waals surface area contributed by atoms with Crippen molar-refractivity contribution in [3.05, 3.63) is 23.0 Å². The summed E-state index contributed by atoms with van der Waals surface area (Å²) >= 11 is 6.30. The molecule has 0 saturated carbocycles. The third-order valence-corrected chi connectivity index (χ3v) is 6.89. The largest absolute Gasteiger partial charge is 0.399 e. The number of halogens is 3. The van der Waals surface area contributed by atoms with Crippen LogP contribution in [0.1, 0.15) is 25.1 Å². The Labute approximate surface area is 206 Å². The molecule has 0 spiro atoms. The molecule has 4 heterocycles. The predicted molar refractivity (Wildman–Crippen MR) is 131 cm³/mol. The molecule has 35 heavy (non-hydrogen) atoms. The highest BCUT2D eigenvalue weighted by atomic mass is 35.5. The first kappa shape index (κ1) is 23.9. The van der Waals surface area contributed by atoms with Crippen molar-refractivity contribution in [2.24, 2.45) is 0 Å². The lowest BCUT2D eigenvalue weighted by molar-refractivity contribution is 0.122. The number of aromatic nitrogens is 5. The number of rotatable bonds is 5. The fraction of sp³-hybridized carbons (Fsp3) is 0.545. The van der Waals surface area contributed by atoms with Gasteiger partial charge in [-0.3, -0.25) is 4.57 Å². The molecule has 0 radical (unpaired) electrons. The van der Waals surface area contributed by atoms with Crippen LogP contribution in [0.2, 0.25) is 5.02 Å². The van der Waals surface area contributed by atoms with Crippen molar-refractivity contribution in [2.45, 2.75) is 25.3 Å². The Hall–Kier alpha value is -2.83. The average Bonchev–Trinajstić information content (AvgIpc) is 3.24. The molecule has 13 heteroatoms. The van der Waals surface area contributed by atoms with Gasteiger partial charge in [-0.05, 0) is 45.1 Å². The number of benzene rings is 1. The second-order valence-corrected chi connectivity index (χ2v) is 9.36. The summed E-state index contributed by atoms with van der Waals surface area (Å²) < 4.78 is 35.0. The van der Waals surface area contributed by atoms with Crippen molar-refractivity contribution in [1.82, 2.24) is 29.4 Å². The zero-order valence-electron chi connectivity index (χ0n) is 19.7. The van der Waals surface area contributed by atoms with Crippen LogP contribution in [-0.2, 0) is 4.74 Å². The van der Waals surface area contributed by atoms with Gasteiger partial charge in [-0.1, -0.05) is 11.6 Å². The van der Waals surface area contributed by atoms with Crippen LogP contribution in [0, 0.1) is 0 Å². The van der Waals surface area contributed by atoms with Gasteiger partial charge in [0.05, 0.1) is 23.8 Å². The minimum absolute atomic E-state index is 0.0516. The van der Waals surface area contributed by atoms with Gasteiger partial charge in [0.15, 0.2) is 5.82 Å². The number of anilines is 3. The number of piperidine rings is 1. The number of nitrogens with two attached hydrogens (primary N) is 1. The summed E-state index contributed by atoms with van der Waals surface area (Å²) in [5, 5.41) is 0.187. The highest BCUT2D eigenvalue weighted by molar-refractivity contribution is 6.35. The van der Waals surface area contributed by atoms with Gasteiger partial charge in [0, 0.05) is 31.9 Å². The van der Waals surface area contributed by atoms with Crippen LogP contribution < -0.4 is 15.5 Å². The Morgan fingerprint density at radius 3 is 2.43 bits per heavy atom. The van der Waals surface area contributed by atoms with E-state index in [4.69, 9.17) is 27.1 Å². The molecule has 5 rings (SSSR count). The highest BCUT2D eigenvalue weighted by Crippen LogP contribution is 2.33. The van der Waals surface area contributed by atoms with E-state index in [0.717, 1.165) is 25.9 Å². The number of hydrogen-bond acceptors (Lipinski definition) is 9. The molecule has 2 saturated heterocycles. The molecule has 0 aliphatic carbocycles. The van der Waals surface area contributed by atoms with Gasteiger partial charge >= 0.3 is 0 Å². The third kappa shape index (κ3) is 4.69. The molecule has 1 aromatic carbocycles. The van der Waals surface area contributed by atoms with E-state index < -0.39 is 12.2 Å². The zero-order chi connectivity index (χ0) is 24.7. The Bertz CT molecular complexity index is 1210. The number of fused-ring (bicyclic) bond motifs is 1. The van der Waals surface area contributed by atoms with Gasteiger partial charge in [-0.25, -0.2) is 13.8 Å². The van der Waals surface area contributed by atoms with Crippen LogP contribution in [0.25, 0.3) is 17.0 Å². The Morgan fingerprint density at radius 1 is 1.06 bits per heavy atom. The molecule has 0 bridgehead atoms. The van der Waals surface area contributed by atoms with Crippen molar-refractivity contribution in [2.75, 3.05) is 69.0 Å². The normalized spacial score (nSPS) is 18.1. The van der Waals surface area contributed by atoms with E-state index >= 15 is 0 Å². The second-order valence-electron chi connectivity index (χ2n) is 8.96. The molecule has 2 fully saturated rings. The monoisotopic (exact) mass is 507 g/mol. The first-order chi connectivity index (χ1) is 16.8. The van der Waals surface area contributed by atoms with E-state index in [1.165, 1.54) is 10.6 Å². The van der Waals surface area contributed by atoms with Crippen LogP contribution in [0.3, 0.4) is 0 Å². The smallest absolute Gasteiger partial charge is 0.296 e. The Balaban J connectivity index is 1.66. The molecule has 2 N–H and O–H groups in total. The first-order valence-corrected chi connectivity index (χ1v) is 12.0. The molecule has 0 amide bonds. The van der Waals surface area contributed by atoms with Gasteiger partial charge in [-0.15, -0.1) is 0 Å². The maximum atomic E-state index is 14.2. The minimum Gasteiger partial charge on any atom is -0.399 e. The van der Waals surface area contributed by atoms with Crippen LogP contribution in [0.4, 0.5) is 26.4 Å². The summed E-state index contributed by atoms with van der Waals surface area (Å²) in [4.78, 5) is 24.4. The molecule has 2 aliphatic rings. The van der Waals surface area contributed by atoms with Crippen molar-refractivity contribution >= 4 is 40.2 Å². The van der Waals surface area contributed by atoms with Crippen LogP contribution in [0.15, 0.2) is 12.1 Å². The second kappa shape index (κ2) is 9.67. The van der Waals surface area contributed by atoms with Crippen molar-refractivity contribution in [1.29, 1.82) is 0 Å². The molecule has 0 atom stereocenters. The zero-order valence-corrected chi connectivity index (χ0v) is 20.4. The standard InChI is InChI=1S/C22H28ClF2N9O/c1-31-5-3-14(4-6-31)32(2)20-28-21(33-7-9-35-10-8-33)30-22(29-20)34-16-12-13(26)11-15(23)17(16)27-19(34)18(24)25/h11-12,14,18H,3-10,26H2,1-2H3. The molecule has 10 nitrogen and oxygen atoms in total. The summed E-state index contributed by atoms with van der Waals surface area (Å²) in [5.74, 6) is 0.378. The van der Waals surface area contributed by atoms with Gasteiger partial charge in [0.2, 0.25) is 17.8 Å². The SMILES string of the molecule is CN1CCC(N(C)c2nc(N3CCOCC3)nc(-n3c(C(F)F)nc4c(Cl)cc(N)cc43)n2)CC1. The molecule has 188 valence electrons. The van der Waals surface area contributed by atoms with E-state index in [1.807, 2.05) is 16.8 Å². The number of nitrogens with zero attached hydrogens (tertiary/aromatic N) is 8. The van der Waals surface area contributed by atoms with E-state index in [1.54, 1.807) is 6.07 Å². The number of hydrogen-bond donors (Lipinski definition) is 1. The third-order valence-electron chi connectivity index (χ3n) is 6.60. The molecule has 3 aromatic rings. The lowest BCUT2D eigenvalue weighted by atomic mass is 10.0. The lowest BCUT2D eigenvalue weighted by Gasteiger charge is -2.35. The van der Waals surface area contributed by atoms with Crippen LogP contribution >= 0.6 is 11.6 Å². The number of alkyl halides is 2. The van der Waals surface area contributed by atoms with Gasteiger partial charge in [0.1, 0.15) is 5.52 Å². The lowest BCUT2D eigenvalue weighted by Crippen LogP contribution is -2.43. The fourth-order valence-electron chi connectivity index (χ4n) is 4.58. The summed E-state index contributed by atoms with van der Waals surface area (Å²) in [5.41, 5.74) is 6.85. The van der Waals surface area contributed by atoms with E-state index in [2.05, 4.69) is 26.9 Å². The van der Waals surface area contributed by atoms with Gasteiger partial charge < -0.3 is 25.2 Å². The maximum absolute atomic E-state index is 14.2. The topological polar surface area (TPSA) is 101 Å². The predicted octanol–water partition coefficient (Wildman–Crippen LogP) is 2.75. The summed E-state index contributed by atoms with van der Waals surface area (Å²) in [7, 11) is 4.04. The first-order valence-electron chi connectivity index (χ1n) is 11.6. The molecule has 0 unspecified atom stereocenters. The molecular formula is C22H28ClF2N9O. The Morgan fingerprint density at radius 2 is 1.74 bits per heavy atom. The van der Waals surface area contributed by atoms with Crippen molar-refractivity contribution in [3.8, 4) is 5.95 Å². The van der Waals surface area contributed by atoms with Crippen molar-refractivity contribution < 1.29 is 13.5 Å². The summed E-state index contributed by atoms with van der Waals surface area (Å²) in [6.45, 7) is 4.16. The molecular weight excluding hydrogens is 480 g/mol. The van der Waals surface area contributed by atoms with Gasteiger partial charge in [0.25, 0.3) is 6.43 Å². The number of nitrogen functional groups attached to an aromatic ring is 1. The average molecular weight is 508 g/mol. The highest BCUT2D eigenvalue weighted by Gasteiger charge is 2.28. The van der Waals surface area contributed by atoms with Crippen molar-refractivity contribution in [3.63, 3.8) is 0 Å². The minimum atomic E-state index is -2.88. The summed E-state index contributed by atoms with van der Waals surface area (Å²) in [6, 6.07) is 3.26. The Kier molecular flexibility index (Phi) is 6.60. The van der Waals surface area contributed by atoms with E-state index in [9.17, 15) is 8.78 Å². The molecule has 2 aromatic heterocycles. The summed E-state index contributed by atoms with van der Waals surface area (Å²) in [6.07, 6.45) is -0.981. The number of likely N-dealkylation sites (tertiary alicyclic amines) is 1. The van der Waals surface area contributed by atoms with Crippen LogP contribution in [0.5, 0.6) is 0 Å². The van der Waals surface area contributed by atoms with Gasteiger partial charge in [-0.2, -0.15) is 15.0 Å². The van der Waals surface area contributed by atoms with Crippen LogP contribution in [-0.4, -0.2) is 88.9 Å². The number of imidazole rings is 1. The number of morpholine rings is 1. The molecule has 2 aliphatic heterocycles. The fourth-order valence-corrected chi connectivity index (χ4v) is 4.85.